The van der Waals surface area contributed by atoms with Crippen LogP contribution >= 0.6 is 0 Å². The Morgan fingerprint density at radius 3 is 2.21 bits per heavy atom. The summed E-state index contributed by atoms with van der Waals surface area (Å²) in [5, 5.41) is 0. The van der Waals surface area contributed by atoms with Gasteiger partial charge in [0.05, 0.1) is 7.11 Å². The van der Waals surface area contributed by atoms with Gasteiger partial charge in [-0.2, -0.15) is 0 Å². The normalized spacial score (nSPS) is 20.1. The van der Waals surface area contributed by atoms with Crippen molar-refractivity contribution in [2.24, 2.45) is 11.7 Å². The zero-order valence-electron chi connectivity index (χ0n) is 12.5. The van der Waals surface area contributed by atoms with Crippen molar-refractivity contribution in [1.29, 1.82) is 0 Å². The van der Waals surface area contributed by atoms with E-state index in [0.717, 1.165) is 11.7 Å². The molecule has 1 saturated carbocycles. The van der Waals surface area contributed by atoms with E-state index in [2.05, 4.69) is 37.9 Å². The Kier molecular flexibility index (Phi) is 4.48. The maximum Gasteiger partial charge on any atom is 0.118 e. The van der Waals surface area contributed by atoms with E-state index in [9.17, 15) is 0 Å². The number of benzene rings is 1. The minimum absolute atomic E-state index is 0.111. The number of hydrogen-bond donors (Lipinski definition) is 1. The second kappa shape index (κ2) is 5.93. The molecule has 106 valence electrons. The van der Waals surface area contributed by atoms with Crippen molar-refractivity contribution in [2.75, 3.05) is 14.2 Å². The lowest BCUT2D eigenvalue weighted by molar-refractivity contribution is 0.149. The van der Waals surface area contributed by atoms with E-state index in [1.54, 1.807) is 7.11 Å². The summed E-state index contributed by atoms with van der Waals surface area (Å²) in [6.45, 7) is 4.40. The molecule has 0 heterocycles. The number of ether oxygens (including phenoxy) is 1. The van der Waals surface area contributed by atoms with E-state index in [0.29, 0.717) is 6.04 Å². The van der Waals surface area contributed by atoms with Gasteiger partial charge in [-0.1, -0.05) is 12.1 Å². The molecule has 19 heavy (non-hydrogen) atoms. The quantitative estimate of drug-likeness (QED) is 0.856. The molecule has 0 bridgehead atoms. The summed E-state index contributed by atoms with van der Waals surface area (Å²) >= 11 is 0. The zero-order chi connectivity index (χ0) is 14.0. The van der Waals surface area contributed by atoms with E-state index in [4.69, 9.17) is 10.5 Å². The average molecular weight is 262 g/mol. The predicted molar refractivity (Wildman–Crippen MR) is 79.3 cm³/mol. The third kappa shape index (κ3) is 3.28. The molecule has 0 spiro atoms. The first kappa shape index (κ1) is 14.4. The van der Waals surface area contributed by atoms with E-state index < -0.39 is 0 Å². The largest absolute Gasteiger partial charge is 0.497 e. The van der Waals surface area contributed by atoms with Crippen molar-refractivity contribution in [1.82, 2.24) is 4.90 Å². The monoisotopic (exact) mass is 262 g/mol. The highest BCUT2D eigenvalue weighted by Gasteiger charge is 2.34. The second-order valence-electron chi connectivity index (χ2n) is 5.82. The van der Waals surface area contributed by atoms with Gasteiger partial charge >= 0.3 is 0 Å². The summed E-state index contributed by atoms with van der Waals surface area (Å²) in [6.07, 6.45) is 2.72. The molecule has 0 radical (unpaired) electrons. The van der Waals surface area contributed by atoms with Gasteiger partial charge < -0.3 is 10.5 Å². The lowest BCUT2D eigenvalue weighted by Gasteiger charge is -2.36. The van der Waals surface area contributed by atoms with Crippen molar-refractivity contribution < 1.29 is 4.74 Å². The Labute approximate surface area is 116 Å². The Morgan fingerprint density at radius 1 is 1.21 bits per heavy atom. The van der Waals surface area contributed by atoms with Gasteiger partial charge in [-0.05, 0) is 57.4 Å². The maximum absolute atomic E-state index is 6.23. The lowest BCUT2D eigenvalue weighted by Crippen LogP contribution is -2.42. The van der Waals surface area contributed by atoms with Crippen LogP contribution in [0.15, 0.2) is 24.3 Å². The average Bonchev–Trinajstić information content (AvgIpc) is 3.22. The van der Waals surface area contributed by atoms with Crippen LogP contribution in [-0.4, -0.2) is 31.1 Å². The van der Waals surface area contributed by atoms with E-state index in [-0.39, 0.29) is 12.1 Å². The molecule has 0 aromatic heterocycles. The van der Waals surface area contributed by atoms with Gasteiger partial charge in [0.2, 0.25) is 0 Å². The third-order valence-electron chi connectivity index (χ3n) is 4.34. The molecule has 0 aliphatic heterocycles. The highest BCUT2D eigenvalue weighted by molar-refractivity contribution is 5.30. The summed E-state index contributed by atoms with van der Waals surface area (Å²) in [6, 6.07) is 9.26. The van der Waals surface area contributed by atoms with Gasteiger partial charge in [-0.3, -0.25) is 4.90 Å². The van der Waals surface area contributed by atoms with Crippen molar-refractivity contribution in [3.8, 4) is 5.75 Å². The number of nitrogens with two attached hydrogens (primary N) is 1. The molecule has 3 atom stereocenters. The molecule has 2 rings (SSSR count). The Hall–Kier alpha value is -1.06. The minimum Gasteiger partial charge on any atom is -0.497 e. The van der Waals surface area contributed by atoms with Crippen molar-refractivity contribution in [3.63, 3.8) is 0 Å². The lowest BCUT2D eigenvalue weighted by atomic mass is 9.97. The van der Waals surface area contributed by atoms with Crippen LogP contribution in [0.3, 0.4) is 0 Å². The zero-order valence-corrected chi connectivity index (χ0v) is 12.5. The first-order valence-electron chi connectivity index (χ1n) is 7.16. The van der Waals surface area contributed by atoms with E-state index in [1.807, 2.05) is 12.1 Å². The predicted octanol–water partition coefficient (Wildman–Crippen LogP) is 2.81. The fraction of sp³-hybridized carbons (Fsp3) is 0.625. The highest BCUT2D eigenvalue weighted by atomic mass is 16.5. The van der Waals surface area contributed by atoms with Crippen molar-refractivity contribution in [2.45, 2.75) is 44.8 Å². The van der Waals surface area contributed by atoms with Gasteiger partial charge in [0, 0.05) is 18.1 Å². The molecule has 1 fully saturated rings. The van der Waals surface area contributed by atoms with Gasteiger partial charge in [-0.15, -0.1) is 0 Å². The number of rotatable bonds is 6. The summed E-state index contributed by atoms with van der Waals surface area (Å²) in [7, 11) is 3.89. The molecule has 1 aliphatic rings. The van der Waals surface area contributed by atoms with E-state index >= 15 is 0 Å². The molecule has 0 saturated heterocycles. The first-order valence-corrected chi connectivity index (χ1v) is 7.16. The molecule has 2 N–H and O–H groups in total. The number of methoxy groups -OCH3 is 1. The van der Waals surface area contributed by atoms with Crippen LogP contribution in [-0.2, 0) is 0 Å². The van der Waals surface area contributed by atoms with Gasteiger partial charge in [0.1, 0.15) is 5.75 Å². The summed E-state index contributed by atoms with van der Waals surface area (Å²) in [5.41, 5.74) is 7.49. The molecule has 3 unspecified atom stereocenters. The standard InChI is InChI=1S/C16H26N2O/c1-11(17)16(18(3)12(2)13-5-6-13)14-7-9-15(19-4)10-8-14/h7-13,16H,5-6,17H2,1-4H3. The van der Waals surface area contributed by atoms with Crippen LogP contribution in [0.2, 0.25) is 0 Å². The number of likely N-dealkylation sites (N-methyl/N-ethyl adjacent to an activating group) is 1. The Bertz CT molecular complexity index is 398. The highest BCUT2D eigenvalue weighted by Crippen LogP contribution is 2.38. The molecule has 1 aliphatic carbocycles. The maximum atomic E-state index is 6.23. The summed E-state index contributed by atoms with van der Waals surface area (Å²) in [5.74, 6) is 1.74. The van der Waals surface area contributed by atoms with Crippen LogP contribution in [0.4, 0.5) is 0 Å². The number of nitrogens with zero attached hydrogens (tertiary/aromatic N) is 1. The van der Waals surface area contributed by atoms with Gasteiger partial charge in [0.25, 0.3) is 0 Å². The van der Waals surface area contributed by atoms with Gasteiger partial charge in [0.15, 0.2) is 0 Å². The molecule has 1 aromatic rings. The second-order valence-corrected chi connectivity index (χ2v) is 5.82. The smallest absolute Gasteiger partial charge is 0.118 e. The van der Waals surface area contributed by atoms with Crippen LogP contribution in [0, 0.1) is 5.92 Å². The molecular weight excluding hydrogens is 236 g/mol. The minimum atomic E-state index is 0.111. The summed E-state index contributed by atoms with van der Waals surface area (Å²) < 4.78 is 5.22. The fourth-order valence-electron chi connectivity index (χ4n) is 2.88. The van der Waals surface area contributed by atoms with Gasteiger partial charge in [-0.25, -0.2) is 0 Å². The third-order valence-corrected chi connectivity index (χ3v) is 4.34. The van der Waals surface area contributed by atoms with Crippen LogP contribution in [0.5, 0.6) is 5.75 Å². The van der Waals surface area contributed by atoms with Crippen molar-refractivity contribution >= 4 is 0 Å². The summed E-state index contributed by atoms with van der Waals surface area (Å²) in [4.78, 5) is 2.43. The van der Waals surface area contributed by atoms with Crippen molar-refractivity contribution in [3.05, 3.63) is 29.8 Å². The first-order chi connectivity index (χ1) is 9.04. The molecule has 3 heteroatoms. The molecular formula is C16H26N2O. The molecule has 3 nitrogen and oxygen atoms in total. The Balaban J connectivity index is 2.17. The SMILES string of the molecule is COc1ccc(C(C(C)N)N(C)C(C)C2CC2)cc1. The fourth-order valence-corrected chi connectivity index (χ4v) is 2.88. The van der Waals surface area contributed by atoms with Crippen LogP contribution < -0.4 is 10.5 Å². The number of hydrogen-bond acceptors (Lipinski definition) is 3. The van der Waals surface area contributed by atoms with Crippen LogP contribution in [0.1, 0.15) is 38.3 Å². The Morgan fingerprint density at radius 2 is 1.79 bits per heavy atom. The van der Waals surface area contributed by atoms with E-state index in [1.165, 1.54) is 18.4 Å². The molecule has 1 aromatic carbocycles. The topological polar surface area (TPSA) is 38.5 Å². The molecule has 0 amide bonds. The van der Waals surface area contributed by atoms with Crippen LogP contribution in [0.25, 0.3) is 0 Å².